The van der Waals surface area contributed by atoms with Crippen LogP contribution in [0.2, 0.25) is 6.04 Å². The Morgan fingerprint density at radius 3 is 1.83 bits per heavy atom. The summed E-state index contributed by atoms with van der Waals surface area (Å²) in [5, 5.41) is -0.119. The average Bonchev–Trinajstić information content (AvgIpc) is 2.51. The largest absolute Gasteiger partial charge is 0.393 e. The molecule has 0 aliphatic carbocycles. The molecule has 0 bridgehead atoms. The van der Waals surface area contributed by atoms with Gasteiger partial charge in [-0.3, -0.25) is 9.59 Å². The highest BCUT2D eigenvalue weighted by Gasteiger charge is 2.58. The van der Waals surface area contributed by atoms with Crippen molar-refractivity contribution in [2.75, 3.05) is 19.8 Å². The van der Waals surface area contributed by atoms with E-state index in [4.69, 9.17) is 13.6 Å². The van der Waals surface area contributed by atoms with Crippen LogP contribution in [0.5, 0.6) is 0 Å². The molecule has 0 saturated carbocycles. The molecular formula is C15H32N2O5Si. The molecule has 4 N–H and O–H groups in total. The molecule has 1 saturated heterocycles. The molecule has 8 heteroatoms. The minimum absolute atomic E-state index is 0.119. The number of nitrogens with two attached hydrogens (primary N) is 2. The van der Waals surface area contributed by atoms with Crippen molar-refractivity contribution < 1.29 is 23.2 Å². The third-order valence-corrected chi connectivity index (χ3v) is 8.68. The fraction of sp³-hybridized carbons (Fsp3) is 0.867. The Bertz CT molecular complexity index is 353. The minimum Gasteiger partial charge on any atom is -0.393 e. The minimum atomic E-state index is -2.21. The second-order valence-electron chi connectivity index (χ2n) is 5.34. The van der Waals surface area contributed by atoms with E-state index in [0.29, 0.717) is 0 Å². The molecule has 1 fully saturated rings. The summed E-state index contributed by atoms with van der Waals surface area (Å²) in [4.78, 5) is 18.9. The number of ether oxygens (including phenoxy) is 1. The summed E-state index contributed by atoms with van der Waals surface area (Å²) in [6, 6.07) is 1.09. The van der Waals surface area contributed by atoms with Crippen molar-refractivity contribution >= 4 is 20.4 Å². The zero-order valence-electron chi connectivity index (χ0n) is 14.9. The lowest BCUT2D eigenvalue weighted by atomic mass is 10.1. The Morgan fingerprint density at radius 2 is 1.48 bits per heavy atom. The molecular weight excluding hydrogens is 316 g/mol. The average molecular weight is 349 g/mol. The van der Waals surface area contributed by atoms with Gasteiger partial charge in [0, 0.05) is 19.8 Å². The Morgan fingerprint density at radius 1 is 0.957 bits per heavy atom. The number of hydrogen-bond acceptors (Lipinski definition) is 5. The molecule has 1 unspecified atom stereocenters. The van der Waals surface area contributed by atoms with Crippen molar-refractivity contribution in [1.82, 2.24) is 0 Å². The van der Waals surface area contributed by atoms with Gasteiger partial charge in [-0.2, -0.15) is 0 Å². The summed E-state index contributed by atoms with van der Waals surface area (Å²) in [5.74, 6) is -2.20. The number of hydrogen-bond donors (Lipinski definition) is 2. The van der Waals surface area contributed by atoms with Gasteiger partial charge in [-0.1, -0.05) is 19.8 Å². The van der Waals surface area contributed by atoms with Gasteiger partial charge < -0.3 is 25.1 Å². The first kappa shape index (κ1) is 22.0. The highest BCUT2D eigenvalue weighted by Crippen LogP contribution is 2.42. The molecule has 0 aromatic heterocycles. The molecule has 7 nitrogen and oxygen atoms in total. The van der Waals surface area contributed by atoms with Crippen LogP contribution in [0.25, 0.3) is 0 Å². The number of primary amides is 2. The molecule has 0 aromatic carbocycles. The number of carbonyl (C=O) groups excluding carboxylic acids is 2. The monoisotopic (exact) mass is 348 g/mol. The van der Waals surface area contributed by atoms with Gasteiger partial charge in [0.05, 0.1) is 0 Å². The Balaban J connectivity index is 0.000000688. The maximum absolute atomic E-state index is 9.45. The fourth-order valence-electron chi connectivity index (χ4n) is 3.11. The van der Waals surface area contributed by atoms with Gasteiger partial charge in [-0.15, -0.1) is 0 Å². The molecule has 23 heavy (non-hydrogen) atoms. The van der Waals surface area contributed by atoms with E-state index < -0.39 is 20.4 Å². The smallest absolute Gasteiger partial charge is 0.371 e. The first-order valence-corrected chi connectivity index (χ1v) is 10.4. The molecule has 1 aliphatic rings. The van der Waals surface area contributed by atoms with Crippen molar-refractivity contribution in [1.29, 1.82) is 0 Å². The predicted octanol–water partition coefficient (Wildman–Crippen LogP) is 1.37. The van der Waals surface area contributed by atoms with Crippen molar-refractivity contribution in [3.05, 3.63) is 0 Å². The highest BCUT2D eigenvalue weighted by molar-refractivity contribution is 6.70. The molecule has 0 aromatic rings. The van der Waals surface area contributed by atoms with Crippen LogP contribution in [-0.2, 0) is 23.2 Å². The maximum atomic E-state index is 9.45. The van der Waals surface area contributed by atoms with Gasteiger partial charge in [0.1, 0.15) is 5.22 Å². The zero-order valence-corrected chi connectivity index (χ0v) is 15.9. The molecule has 0 spiro atoms. The molecule has 1 heterocycles. The summed E-state index contributed by atoms with van der Waals surface area (Å²) >= 11 is 0. The molecule has 136 valence electrons. The first-order chi connectivity index (χ1) is 10.8. The Kier molecular flexibility index (Phi) is 10.3. The van der Waals surface area contributed by atoms with E-state index in [0.717, 1.165) is 38.7 Å². The van der Waals surface area contributed by atoms with Crippen molar-refractivity contribution in [2.45, 2.75) is 64.6 Å². The van der Waals surface area contributed by atoms with Gasteiger partial charge in [0.2, 0.25) is 0 Å². The van der Waals surface area contributed by atoms with Gasteiger partial charge in [0.15, 0.2) is 0 Å². The van der Waals surface area contributed by atoms with Crippen LogP contribution in [0.15, 0.2) is 0 Å². The topological polar surface area (TPSA) is 114 Å². The lowest BCUT2D eigenvalue weighted by molar-refractivity contribution is -0.135. The summed E-state index contributed by atoms with van der Waals surface area (Å²) < 4.78 is 18.5. The number of carbonyl (C=O) groups is 2. The Labute approximate surface area is 140 Å². The molecule has 2 amide bonds. The Hall–Kier alpha value is -0.963. The summed E-state index contributed by atoms with van der Waals surface area (Å²) in [6.07, 6.45) is 4.57. The van der Waals surface area contributed by atoms with E-state index in [1.807, 2.05) is 0 Å². The number of rotatable bonds is 7. The van der Waals surface area contributed by atoms with E-state index in [1.54, 1.807) is 0 Å². The van der Waals surface area contributed by atoms with Crippen LogP contribution in [0.1, 0.15) is 53.4 Å². The second kappa shape index (κ2) is 10.7. The van der Waals surface area contributed by atoms with Gasteiger partial charge in [-0.05, 0) is 39.7 Å². The summed E-state index contributed by atoms with van der Waals surface area (Å²) in [6.45, 7) is 10.6. The van der Waals surface area contributed by atoms with E-state index >= 15 is 0 Å². The summed E-state index contributed by atoms with van der Waals surface area (Å²) in [5.41, 5.74) is 8.64. The molecule has 0 radical (unpaired) electrons. The van der Waals surface area contributed by atoms with Crippen molar-refractivity contribution in [3.8, 4) is 0 Å². The van der Waals surface area contributed by atoms with Crippen molar-refractivity contribution in [2.24, 2.45) is 11.5 Å². The lowest BCUT2D eigenvalue weighted by Gasteiger charge is -2.49. The van der Waals surface area contributed by atoms with Crippen LogP contribution in [0.4, 0.5) is 0 Å². The van der Waals surface area contributed by atoms with E-state index in [2.05, 4.69) is 39.2 Å². The van der Waals surface area contributed by atoms with Gasteiger partial charge >= 0.3 is 20.4 Å². The second-order valence-corrected chi connectivity index (χ2v) is 8.83. The van der Waals surface area contributed by atoms with Crippen LogP contribution in [-0.4, -0.2) is 45.4 Å². The van der Waals surface area contributed by atoms with Gasteiger partial charge in [-0.25, -0.2) is 0 Å². The normalized spacial score (nSPS) is 22.8. The quantitative estimate of drug-likeness (QED) is 0.533. The number of amides is 2. The highest BCUT2D eigenvalue weighted by atomic mass is 28.4. The molecule has 1 rings (SSSR count). The molecule has 1 aliphatic heterocycles. The van der Waals surface area contributed by atoms with E-state index in [9.17, 15) is 9.59 Å². The standard InChI is InChI=1S/C13H28O3Si.C2H4N2O2/c1-5-13(14-6-2)11-9-10-12-17(13,15-7-3)16-8-4;3-1(5)2(4)6/h5-12H2,1-4H3;(H2,3,5)(H2,4,6). The van der Waals surface area contributed by atoms with Gasteiger partial charge in [0.25, 0.3) is 0 Å². The lowest BCUT2D eigenvalue weighted by Crippen LogP contribution is -2.65. The summed E-state index contributed by atoms with van der Waals surface area (Å²) in [7, 11) is -2.21. The first-order valence-electron chi connectivity index (χ1n) is 8.35. The zero-order chi connectivity index (χ0) is 17.9. The third-order valence-electron chi connectivity index (χ3n) is 4.02. The SMILES string of the molecule is CCOC1(CC)CCCC[Si]1(OCC)OCC.NC(=O)C(N)=O. The van der Waals surface area contributed by atoms with Crippen molar-refractivity contribution in [3.63, 3.8) is 0 Å². The fourth-order valence-corrected chi connectivity index (χ4v) is 7.57. The van der Waals surface area contributed by atoms with E-state index in [-0.39, 0.29) is 5.22 Å². The van der Waals surface area contributed by atoms with E-state index in [1.165, 1.54) is 12.8 Å². The van der Waals surface area contributed by atoms with Crippen LogP contribution >= 0.6 is 0 Å². The third kappa shape index (κ3) is 5.87. The van der Waals surface area contributed by atoms with Crippen LogP contribution in [0, 0.1) is 0 Å². The van der Waals surface area contributed by atoms with Crippen LogP contribution < -0.4 is 11.5 Å². The maximum Gasteiger partial charge on any atom is 0.371 e. The van der Waals surface area contributed by atoms with Crippen LogP contribution in [0.3, 0.4) is 0 Å². The predicted molar refractivity (Wildman–Crippen MR) is 90.7 cm³/mol. The molecule has 1 atom stereocenters.